The Bertz CT molecular complexity index is 1050. The third kappa shape index (κ3) is 8.45. The maximum absolute atomic E-state index is 12.9. The molecular weight excluding hydrogens is 462 g/mol. The fraction of sp³-hybridized carbons (Fsp3) is 0.500. The first-order chi connectivity index (χ1) is 16.7. The quantitative estimate of drug-likeness (QED) is 0.374. The van der Waals surface area contributed by atoms with Crippen LogP contribution < -0.4 is 5.32 Å². The van der Waals surface area contributed by atoms with Crippen molar-refractivity contribution in [2.75, 3.05) is 13.2 Å². The first kappa shape index (κ1) is 29.0. The van der Waals surface area contributed by atoms with Gasteiger partial charge < -0.3 is 19.5 Å². The van der Waals surface area contributed by atoms with E-state index in [-0.39, 0.29) is 31.4 Å². The summed E-state index contributed by atoms with van der Waals surface area (Å²) in [6, 6.07) is 8.34. The number of alkyl carbamates (subject to hydrolysis) is 1. The molecule has 0 aromatic heterocycles. The van der Waals surface area contributed by atoms with Crippen molar-refractivity contribution in [3.8, 4) is 0 Å². The van der Waals surface area contributed by atoms with Gasteiger partial charge in [0.25, 0.3) is 0 Å². The molecule has 8 heteroatoms. The maximum atomic E-state index is 12.9. The van der Waals surface area contributed by atoms with E-state index in [4.69, 9.17) is 14.2 Å². The standard InChI is InChI=1S/C28H37NO7/c1-18-15-22(30)23(19(2)24(18)31)28(6,7)13-14-35-25(32)21(29-26(33)36-27(3,4)5)17-34-16-20-11-9-8-10-12-20/h8-12,15,21H,13-14,16-17H2,1-7H3,(H,29,33)/t21-/m0/s1. The summed E-state index contributed by atoms with van der Waals surface area (Å²) < 4.78 is 16.4. The number of ether oxygens (including phenoxy) is 3. The van der Waals surface area contributed by atoms with E-state index in [2.05, 4.69) is 5.32 Å². The topological polar surface area (TPSA) is 108 Å². The van der Waals surface area contributed by atoms with Crippen LogP contribution in [0.15, 0.2) is 53.1 Å². The van der Waals surface area contributed by atoms with E-state index in [0.717, 1.165) is 5.56 Å². The lowest BCUT2D eigenvalue weighted by atomic mass is 9.73. The first-order valence-corrected chi connectivity index (χ1v) is 12.0. The van der Waals surface area contributed by atoms with Gasteiger partial charge in [0.2, 0.25) is 0 Å². The number of Topliss-reactive ketones (excluding diaryl/α,β-unsaturated/α-hetero) is 1. The summed E-state index contributed by atoms with van der Waals surface area (Å²) in [4.78, 5) is 50.1. The van der Waals surface area contributed by atoms with E-state index >= 15 is 0 Å². The number of ketones is 2. The van der Waals surface area contributed by atoms with Gasteiger partial charge >= 0.3 is 12.1 Å². The SMILES string of the molecule is CC1=CC(=O)C(C(C)(C)CCOC(=O)[C@H](COCc2ccccc2)NC(=O)OC(C)(C)C)=C(C)C1=O. The molecule has 1 aliphatic carbocycles. The van der Waals surface area contributed by atoms with Gasteiger partial charge in [0.15, 0.2) is 17.6 Å². The third-order valence-corrected chi connectivity index (χ3v) is 5.69. The Balaban J connectivity index is 2.02. The average Bonchev–Trinajstić information content (AvgIpc) is 2.76. The molecule has 1 aliphatic rings. The molecule has 2 rings (SSSR count). The molecule has 1 aromatic carbocycles. The first-order valence-electron chi connectivity index (χ1n) is 12.0. The summed E-state index contributed by atoms with van der Waals surface area (Å²) >= 11 is 0. The molecule has 1 aromatic rings. The number of carbonyl (C=O) groups excluding carboxylic acids is 4. The van der Waals surface area contributed by atoms with E-state index in [0.29, 0.717) is 23.1 Å². The van der Waals surface area contributed by atoms with E-state index in [1.807, 2.05) is 44.2 Å². The van der Waals surface area contributed by atoms with Crippen molar-refractivity contribution in [2.24, 2.45) is 5.41 Å². The molecule has 0 aliphatic heterocycles. The number of allylic oxidation sites excluding steroid dienone is 4. The van der Waals surface area contributed by atoms with E-state index in [1.54, 1.807) is 34.6 Å². The summed E-state index contributed by atoms with van der Waals surface area (Å²) in [6.07, 6.45) is 0.896. The van der Waals surface area contributed by atoms with Gasteiger partial charge in [-0.25, -0.2) is 9.59 Å². The van der Waals surface area contributed by atoms with Gasteiger partial charge in [-0.1, -0.05) is 44.2 Å². The summed E-state index contributed by atoms with van der Waals surface area (Å²) in [5.41, 5.74) is 0.722. The highest BCUT2D eigenvalue weighted by Gasteiger charge is 2.35. The smallest absolute Gasteiger partial charge is 0.408 e. The Morgan fingerprint density at radius 3 is 2.25 bits per heavy atom. The van der Waals surface area contributed by atoms with E-state index in [1.165, 1.54) is 6.08 Å². The zero-order valence-corrected chi connectivity index (χ0v) is 22.2. The highest BCUT2D eigenvalue weighted by atomic mass is 16.6. The molecule has 0 saturated carbocycles. The minimum Gasteiger partial charge on any atom is -0.464 e. The molecule has 0 heterocycles. The van der Waals surface area contributed by atoms with Crippen molar-refractivity contribution in [3.63, 3.8) is 0 Å². The molecule has 1 amide bonds. The van der Waals surface area contributed by atoms with Crippen LogP contribution in [0, 0.1) is 5.41 Å². The summed E-state index contributed by atoms with van der Waals surface area (Å²) in [5.74, 6) is -1.05. The Morgan fingerprint density at radius 2 is 1.64 bits per heavy atom. The highest BCUT2D eigenvalue weighted by Crippen LogP contribution is 2.36. The van der Waals surface area contributed by atoms with E-state index in [9.17, 15) is 19.2 Å². The number of nitrogens with one attached hydrogen (secondary N) is 1. The zero-order chi connectivity index (χ0) is 27.1. The van der Waals surface area contributed by atoms with Gasteiger partial charge in [0, 0.05) is 16.7 Å². The molecule has 0 bridgehead atoms. The molecule has 0 radical (unpaired) electrons. The Morgan fingerprint density at radius 1 is 1.00 bits per heavy atom. The van der Waals surface area contributed by atoms with Gasteiger partial charge in [-0.3, -0.25) is 9.59 Å². The molecule has 196 valence electrons. The fourth-order valence-corrected chi connectivity index (χ4v) is 3.89. The lowest BCUT2D eigenvalue weighted by Gasteiger charge is -2.30. The number of benzene rings is 1. The Labute approximate surface area is 213 Å². The van der Waals surface area contributed by atoms with Crippen LogP contribution >= 0.6 is 0 Å². The van der Waals surface area contributed by atoms with Gasteiger partial charge in [-0.15, -0.1) is 0 Å². The number of carbonyl (C=O) groups is 4. The normalized spacial score (nSPS) is 15.4. The average molecular weight is 500 g/mol. The van der Waals surface area contributed by atoms with Gasteiger partial charge in [0.1, 0.15) is 5.60 Å². The number of rotatable bonds is 10. The number of esters is 1. The maximum Gasteiger partial charge on any atom is 0.408 e. The largest absolute Gasteiger partial charge is 0.464 e. The van der Waals surface area contributed by atoms with Crippen LogP contribution in [0.1, 0.15) is 60.5 Å². The van der Waals surface area contributed by atoms with E-state index < -0.39 is 29.1 Å². The molecule has 1 atom stereocenters. The molecular formula is C28H37NO7. The molecule has 0 fully saturated rings. The number of amides is 1. The highest BCUT2D eigenvalue weighted by molar-refractivity contribution is 6.22. The van der Waals surface area contributed by atoms with Crippen LogP contribution in [0.3, 0.4) is 0 Å². The molecule has 0 unspecified atom stereocenters. The van der Waals surface area contributed by atoms with Crippen molar-refractivity contribution in [1.29, 1.82) is 0 Å². The fourth-order valence-electron chi connectivity index (χ4n) is 3.89. The van der Waals surface area contributed by atoms with Crippen molar-refractivity contribution < 1.29 is 33.4 Å². The third-order valence-electron chi connectivity index (χ3n) is 5.69. The summed E-state index contributed by atoms with van der Waals surface area (Å²) in [6.45, 7) is 12.2. The molecule has 1 N–H and O–H groups in total. The number of hydrogen-bond donors (Lipinski definition) is 1. The molecule has 0 spiro atoms. The van der Waals surface area contributed by atoms with Crippen LogP contribution in [0.25, 0.3) is 0 Å². The Hall–Kier alpha value is -3.26. The second kappa shape index (κ2) is 12.1. The minimum atomic E-state index is -1.09. The summed E-state index contributed by atoms with van der Waals surface area (Å²) in [7, 11) is 0. The minimum absolute atomic E-state index is 0.0159. The van der Waals surface area contributed by atoms with Crippen molar-refractivity contribution in [1.82, 2.24) is 5.32 Å². The van der Waals surface area contributed by atoms with Gasteiger partial charge in [-0.05, 0) is 58.1 Å². The second-order valence-electron chi connectivity index (χ2n) is 10.5. The molecule has 0 saturated heterocycles. The van der Waals surface area contributed by atoms with Crippen LogP contribution in [-0.4, -0.2) is 48.5 Å². The Kier molecular flexibility index (Phi) is 9.76. The van der Waals surface area contributed by atoms with Crippen LogP contribution in [0.2, 0.25) is 0 Å². The van der Waals surface area contributed by atoms with Gasteiger partial charge in [0.05, 0.1) is 19.8 Å². The van der Waals surface area contributed by atoms with Crippen molar-refractivity contribution in [2.45, 2.75) is 73.1 Å². The molecule has 36 heavy (non-hydrogen) atoms. The predicted octanol–water partition coefficient (Wildman–Crippen LogP) is 4.47. The number of hydrogen-bond acceptors (Lipinski definition) is 7. The lowest BCUT2D eigenvalue weighted by Crippen LogP contribution is -2.47. The lowest BCUT2D eigenvalue weighted by molar-refractivity contribution is -0.148. The van der Waals surface area contributed by atoms with Crippen molar-refractivity contribution in [3.05, 3.63) is 58.7 Å². The summed E-state index contributed by atoms with van der Waals surface area (Å²) in [5, 5.41) is 2.52. The monoisotopic (exact) mass is 499 g/mol. The molecule has 8 nitrogen and oxygen atoms in total. The zero-order valence-electron chi connectivity index (χ0n) is 22.2. The van der Waals surface area contributed by atoms with Crippen LogP contribution in [0.4, 0.5) is 4.79 Å². The van der Waals surface area contributed by atoms with Gasteiger partial charge in [-0.2, -0.15) is 0 Å². The predicted molar refractivity (Wildman–Crippen MR) is 135 cm³/mol. The van der Waals surface area contributed by atoms with Crippen LogP contribution in [0.5, 0.6) is 0 Å². The van der Waals surface area contributed by atoms with Crippen molar-refractivity contribution >= 4 is 23.6 Å². The second-order valence-corrected chi connectivity index (χ2v) is 10.5. The van der Waals surface area contributed by atoms with Crippen LogP contribution in [-0.2, 0) is 35.2 Å².